The highest BCUT2D eigenvalue weighted by Gasteiger charge is 2.01. The molecule has 1 heteroatoms. The van der Waals surface area contributed by atoms with Crippen LogP contribution >= 0.6 is 0 Å². The van der Waals surface area contributed by atoms with Crippen LogP contribution in [0, 0.1) is 0 Å². The average Bonchev–Trinajstić information content (AvgIpc) is 2.67. The van der Waals surface area contributed by atoms with Gasteiger partial charge in [0, 0.05) is 18.6 Å². The van der Waals surface area contributed by atoms with Gasteiger partial charge in [-0.25, -0.2) is 4.57 Å². The van der Waals surface area contributed by atoms with Gasteiger partial charge in [-0.15, -0.1) is 0 Å². The predicted octanol–water partition coefficient (Wildman–Crippen LogP) is 7.80. The van der Waals surface area contributed by atoms with Crippen LogP contribution in [0.5, 0.6) is 0 Å². The third-order valence-corrected chi connectivity index (χ3v) is 5.55. The zero-order chi connectivity index (χ0) is 18.7. The SMILES string of the molecule is CCCCCCCCCCCCC[n+]1ccc(CCCCCCC)cc1. The summed E-state index contributed by atoms with van der Waals surface area (Å²) in [5.74, 6) is 0. The molecule has 1 rings (SSSR count). The molecule has 0 amide bonds. The molecule has 0 saturated carbocycles. The standard InChI is InChI=1S/C25H46N/c1-3-5-7-9-10-11-12-13-14-16-18-22-26-23-20-25(21-24-26)19-17-15-8-6-4-2/h20-21,23-24H,3-19,22H2,1-2H3/q+1. The van der Waals surface area contributed by atoms with Gasteiger partial charge in [0.15, 0.2) is 12.4 Å². The summed E-state index contributed by atoms with van der Waals surface area (Å²) in [6.07, 6.45) is 28.4. The number of hydrogen-bond donors (Lipinski definition) is 0. The molecule has 1 heterocycles. The van der Waals surface area contributed by atoms with Gasteiger partial charge in [-0.05, 0) is 24.8 Å². The third kappa shape index (κ3) is 13.4. The second-order valence-electron chi connectivity index (χ2n) is 8.14. The Kier molecular flexibility index (Phi) is 15.7. The third-order valence-electron chi connectivity index (χ3n) is 5.55. The number of aryl methyl sites for hydroxylation is 2. The highest BCUT2D eigenvalue weighted by Crippen LogP contribution is 2.11. The zero-order valence-electron chi connectivity index (χ0n) is 18.0. The fraction of sp³-hybridized carbons (Fsp3) is 0.800. The van der Waals surface area contributed by atoms with Crippen LogP contribution in [-0.4, -0.2) is 0 Å². The van der Waals surface area contributed by atoms with Crippen molar-refractivity contribution in [1.29, 1.82) is 0 Å². The lowest BCUT2D eigenvalue weighted by atomic mass is 10.1. The molecule has 1 aromatic rings. The highest BCUT2D eigenvalue weighted by molar-refractivity contribution is 5.07. The van der Waals surface area contributed by atoms with E-state index in [2.05, 4.69) is 42.9 Å². The number of aromatic nitrogens is 1. The van der Waals surface area contributed by atoms with Crippen molar-refractivity contribution in [2.24, 2.45) is 0 Å². The van der Waals surface area contributed by atoms with Crippen molar-refractivity contribution in [2.45, 2.75) is 130 Å². The van der Waals surface area contributed by atoms with E-state index >= 15 is 0 Å². The lowest BCUT2D eigenvalue weighted by molar-refractivity contribution is -0.697. The number of pyridine rings is 1. The Hall–Kier alpha value is -0.850. The Morgan fingerprint density at radius 3 is 1.46 bits per heavy atom. The van der Waals surface area contributed by atoms with Crippen molar-refractivity contribution in [1.82, 2.24) is 0 Å². The van der Waals surface area contributed by atoms with E-state index in [9.17, 15) is 0 Å². The van der Waals surface area contributed by atoms with E-state index in [-0.39, 0.29) is 0 Å². The van der Waals surface area contributed by atoms with Gasteiger partial charge in [0.25, 0.3) is 0 Å². The van der Waals surface area contributed by atoms with E-state index in [1.54, 1.807) is 0 Å². The number of rotatable bonds is 18. The van der Waals surface area contributed by atoms with Gasteiger partial charge in [-0.1, -0.05) is 97.3 Å². The first-order chi connectivity index (χ1) is 12.9. The molecule has 0 bridgehead atoms. The van der Waals surface area contributed by atoms with Gasteiger partial charge in [-0.2, -0.15) is 0 Å². The first-order valence-corrected chi connectivity index (χ1v) is 11.8. The molecular formula is C25H46N+. The second-order valence-corrected chi connectivity index (χ2v) is 8.14. The van der Waals surface area contributed by atoms with E-state index in [4.69, 9.17) is 0 Å². The van der Waals surface area contributed by atoms with Crippen LogP contribution in [0.2, 0.25) is 0 Å². The van der Waals surface area contributed by atoms with E-state index in [0.29, 0.717) is 0 Å². The monoisotopic (exact) mass is 360 g/mol. The summed E-state index contributed by atoms with van der Waals surface area (Å²) in [7, 11) is 0. The molecule has 0 fully saturated rings. The maximum absolute atomic E-state index is 2.37. The van der Waals surface area contributed by atoms with Crippen LogP contribution in [0.1, 0.15) is 122 Å². The molecule has 0 aliphatic rings. The van der Waals surface area contributed by atoms with E-state index in [0.717, 1.165) is 0 Å². The number of nitrogens with zero attached hydrogens (tertiary/aromatic N) is 1. The van der Waals surface area contributed by atoms with Crippen LogP contribution in [0.3, 0.4) is 0 Å². The van der Waals surface area contributed by atoms with Gasteiger partial charge < -0.3 is 0 Å². The smallest absolute Gasteiger partial charge is 0.169 e. The first-order valence-electron chi connectivity index (χ1n) is 11.8. The minimum absolute atomic E-state index is 1.19. The van der Waals surface area contributed by atoms with Gasteiger partial charge in [0.05, 0.1) is 0 Å². The van der Waals surface area contributed by atoms with Crippen LogP contribution < -0.4 is 4.57 Å². The van der Waals surface area contributed by atoms with Crippen LogP contribution in [-0.2, 0) is 13.0 Å². The molecule has 0 radical (unpaired) electrons. The average molecular weight is 361 g/mol. The number of unbranched alkanes of at least 4 members (excludes halogenated alkanes) is 14. The van der Waals surface area contributed by atoms with Crippen molar-refractivity contribution < 1.29 is 4.57 Å². The fourth-order valence-electron chi connectivity index (χ4n) is 3.70. The van der Waals surface area contributed by atoms with Crippen molar-refractivity contribution in [3.8, 4) is 0 Å². The lowest BCUT2D eigenvalue weighted by Gasteiger charge is -2.03. The lowest BCUT2D eigenvalue weighted by Crippen LogP contribution is -2.32. The van der Waals surface area contributed by atoms with Crippen molar-refractivity contribution >= 4 is 0 Å². The van der Waals surface area contributed by atoms with Crippen LogP contribution in [0.15, 0.2) is 24.5 Å². The normalized spacial score (nSPS) is 11.2. The zero-order valence-corrected chi connectivity index (χ0v) is 18.0. The van der Waals surface area contributed by atoms with Crippen LogP contribution in [0.4, 0.5) is 0 Å². The topological polar surface area (TPSA) is 3.88 Å². The highest BCUT2D eigenvalue weighted by atomic mass is 14.9. The maximum atomic E-state index is 2.37. The quantitative estimate of drug-likeness (QED) is 0.186. The molecule has 0 aliphatic carbocycles. The van der Waals surface area contributed by atoms with Crippen molar-refractivity contribution in [2.75, 3.05) is 0 Å². The molecule has 0 aromatic carbocycles. The molecule has 0 spiro atoms. The van der Waals surface area contributed by atoms with E-state index < -0.39 is 0 Å². The predicted molar refractivity (Wildman–Crippen MR) is 116 cm³/mol. The van der Waals surface area contributed by atoms with Gasteiger partial charge in [-0.3, -0.25) is 0 Å². The molecular weight excluding hydrogens is 314 g/mol. The molecule has 0 saturated heterocycles. The minimum Gasteiger partial charge on any atom is -0.205 e. The summed E-state index contributed by atoms with van der Waals surface area (Å²) in [5, 5.41) is 0. The molecule has 0 N–H and O–H groups in total. The summed E-state index contributed by atoms with van der Waals surface area (Å²) in [6, 6.07) is 4.66. The van der Waals surface area contributed by atoms with Crippen LogP contribution in [0.25, 0.3) is 0 Å². The fourth-order valence-corrected chi connectivity index (χ4v) is 3.70. The van der Waals surface area contributed by atoms with Gasteiger partial charge in [0.2, 0.25) is 0 Å². The Morgan fingerprint density at radius 1 is 0.538 bits per heavy atom. The van der Waals surface area contributed by atoms with Crippen molar-refractivity contribution in [3.63, 3.8) is 0 Å². The summed E-state index contributed by atoms with van der Waals surface area (Å²) >= 11 is 0. The molecule has 150 valence electrons. The van der Waals surface area contributed by atoms with E-state index in [1.807, 2.05) is 0 Å². The molecule has 0 atom stereocenters. The maximum Gasteiger partial charge on any atom is 0.169 e. The molecule has 1 aromatic heterocycles. The summed E-state index contributed by atoms with van der Waals surface area (Å²) < 4.78 is 2.37. The van der Waals surface area contributed by atoms with Gasteiger partial charge in [0.1, 0.15) is 6.54 Å². The van der Waals surface area contributed by atoms with Gasteiger partial charge >= 0.3 is 0 Å². The summed E-state index contributed by atoms with van der Waals surface area (Å²) in [4.78, 5) is 0. The van der Waals surface area contributed by atoms with E-state index in [1.165, 1.54) is 121 Å². The minimum atomic E-state index is 1.19. The Labute approximate surface area is 164 Å². The summed E-state index contributed by atoms with van der Waals surface area (Å²) in [6.45, 7) is 5.77. The molecule has 1 nitrogen and oxygen atoms in total. The Morgan fingerprint density at radius 2 is 0.962 bits per heavy atom. The second kappa shape index (κ2) is 17.6. The Bertz CT molecular complexity index is 395. The number of hydrogen-bond acceptors (Lipinski definition) is 0. The largest absolute Gasteiger partial charge is 0.205 e. The molecule has 0 unspecified atom stereocenters. The first kappa shape index (κ1) is 23.2. The Balaban J connectivity index is 1.94. The molecule has 26 heavy (non-hydrogen) atoms. The summed E-state index contributed by atoms with van der Waals surface area (Å²) in [5.41, 5.74) is 1.51. The van der Waals surface area contributed by atoms with Crippen molar-refractivity contribution in [3.05, 3.63) is 30.1 Å². The molecule has 0 aliphatic heterocycles.